The second-order valence-corrected chi connectivity index (χ2v) is 29.5. The Morgan fingerprint density at radius 2 is 0.674 bits per heavy atom. The topological polar surface area (TPSA) is 108 Å². The standard InChI is InChI=1S/C77H153N2O6P/c1-6-8-10-12-14-16-18-20-22-24-26-28-30-32-34-35-36-37-38-39-40-41-42-43-45-47-49-51-53-55-57-59-61-63-65-67-69-71-77(81)78-75(74-85-86(82,83)84-73-72-79(3,4)5)76(80)70-68-66-64-62-60-58-56-54-52-50-48-46-44-33-31-29-27-25-23-21-19-17-15-13-11-9-7-2/h18,20,24,26,75-76,80H,6-17,19,21-23,25,27-74H2,1-5H3,(H-,78,81,82,83)/b20-18-,26-24-. The molecule has 8 nitrogen and oxygen atoms in total. The Hall–Kier alpha value is -1.02. The first-order valence-corrected chi connectivity index (χ1v) is 40.1. The SMILES string of the molecule is CCCCCCC/C=C\C/C=C\CCCCCCCCCCCCCCCCCCCCCCCCCCCC(=O)NC(COP(=O)([O-])OCC[N+](C)(C)C)C(O)CCCCCCCCCCCCCCCCCCCCCCCCCCCCC. The number of unbranched alkanes of at least 4 members (excludes halogenated alkanes) is 56. The number of aliphatic hydroxyl groups is 1. The van der Waals surface area contributed by atoms with Crippen molar-refractivity contribution in [1.29, 1.82) is 0 Å². The van der Waals surface area contributed by atoms with Gasteiger partial charge in [0.05, 0.1) is 39.9 Å². The average Bonchev–Trinajstić information content (AvgIpc) is 3.70. The monoisotopic (exact) mass is 1230 g/mol. The molecule has 0 bridgehead atoms. The van der Waals surface area contributed by atoms with Crippen LogP contribution in [0.3, 0.4) is 0 Å². The van der Waals surface area contributed by atoms with Gasteiger partial charge in [0.25, 0.3) is 7.82 Å². The Morgan fingerprint density at radius 1 is 0.407 bits per heavy atom. The second kappa shape index (κ2) is 68.3. The fourth-order valence-corrected chi connectivity index (χ4v) is 12.9. The van der Waals surface area contributed by atoms with Crippen molar-refractivity contribution in [1.82, 2.24) is 5.32 Å². The number of hydrogen-bond donors (Lipinski definition) is 2. The van der Waals surface area contributed by atoms with Crippen molar-refractivity contribution in [3.63, 3.8) is 0 Å². The van der Waals surface area contributed by atoms with Crippen LogP contribution in [0, 0.1) is 0 Å². The highest BCUT2D eigenvalue weighted by molar-refractivity contribution is 7.45. The largest absolute Gasteiger partial charge is 0.756 e. The highest BCUT2D eigenvalue weighted by atomic mass is 31.2. The summed E-state index contributed by atoms with van der Waals surface area (Å²) in [5, 5.41) is 14.1. The molecule has 0 rings (SSSR count). The lowest BCUT2D eigenvalue weighted by Gasteiger charge is -2.30. The molecule has 0 heterocycles. The summed E-state index contributed by atoms with van der Waals surface area (Å²) < 4.78 is 23.6. The highest BCUT2D eigenvalue weighted by Gasteiger charge is 2.24. The highest BCUT2D eigenvalue weighted by Crippen LogP contribution is 2.38. The summed E-state index contributed by atoms with van der Waals surface area (Å²) in [4.78, 5) is 25.7. The number of allylic oxidation sites excluding steroid dienone is 4. The molecule has 0 radical (unpaired) electrons. The molecule has 0 aliphatic heterocycles. The Labute approximate surface area is 538 Å². The number of carbonyl (C=O) groups excluding carboxylic acids is 1. The summed E-state index contributed by atoms with van der Waals surface area (Å²) in [5.41, 5.74) is 0. The van der Waals surface area contributed by atoms with Crippen LogP contribution in [0.1, 0.15) is 412 Å². The Bertz CT molecular complexity index is 1450. The predicted molar refractivity (Wildman–Crippen MR) is 376 cm³/mol. The summed E-state index contributed by atoms with van der Waals surface area (Å²) >= 11 is 0. The van der Waals surface area contributed by atoms with E-state index in [0.29, 0.717) is 23.9 Å². The van der Waals surface area contributed by atoms with E-state index in [9.17, 15) is 19.4 Å². The van der Waals surface area contributed by atoms with Gasteiger partial charge in [-0.3, -0.25) is 9.36 Å². The Morgan fingerprint density at radius 3 is 0.965 bits per heavy atom. The number of amides is 1. The number of phosphoric acid groups is 1. The summed E-state index contributed by atoms with van der Waals surface area (Å²) in [6.45, 7) is 4.78. The van der Waals surface area contributed by atoms with Crippen LogP contribution in [0.25, 0.3) is 0 Å². The predicted octanol–water partition coefficient (Wildman–Crippen LogP) is 24.4. The number of phosphoric ester groups is 1. The van der Waals surface area contributed by atoms with Crippen molar-refractivity contribution in [3.8, 4) is 0 Å². The van der Waals surface area contributed by atoms with E-state index in [0.717, 1.165) is 44.9 Å². The smallest absolute Gasteiger partial charge is 0.268 e. The Kier molecular flexibility index (Phi) is 67.5. The minimum atomic E-state index is -4.58. The van der Waals surface area contributed by atoms with Crippen LogP contribution in [0.5, 0.6) is 0 Å². The molecule has 0 fully saturated rings. The van der Waals surface area contributed by atoms with Crippen LogP contribution in [0.4, 0.5) is 0 Å². The van der Waals surface area contributed by atoms with E-state index in [1.165, 1.54) is 340 Å². The molecule has 0 aliphatic carbocycles. The van der Waals surface area contributed by atoms with Gasteiger partial charge in [0, 0.05) is 6.42 Å². The maximum atomic E-state index is 13.1. The molecule has 2 N–H and O–H groups in total. The zero-order valence-corrected chi connectivity index (χ0v) is 59.7. The first kappa shape index (κ1) is 85.0. The fourth-order valence-electron chi connectivity index (χ4n) is 12.2. The number of carbonyl (C=O) groups is 1. The maximum absolute atomic E-state index is 13.1. The molecule has 0 saturated carbocycles. The van der Waals surface area contributed by atoms with Crippen LogP contribution in [-0.2, 0) is 18.4 Å². The molecule has 0 aromatic rings. The number of aliphatic hydroxyl groups excluding tert-OH is 1. The first-order valence-electron chi connectivity index (χ1n) is 38.7. The van der Waals surface area contributed by atoms with Crippen molar-refractivity contribution in [2.45, 2.75) is 424 Å². The van der Waals surface area contributed by atoms with Gasteiger partial charge in [-0.2, -0.15) is 0 Å². The number of likely N-dealkylation sites (N-methyl/N-ethyl adjacent to an activating group) is 1. The van der Waals surface area contributed by atoms with E-state index < -0.39 is 20.0 Å². The number of rotatable bonds is 73. The second-order valence-electron chi connectivity index (χ2n) is 28.1. The quantitative estimate of drug-likeness (QED) is 0.0272. The fraction of sp³-hybridized carbons (Fsp3) is 0.935. The minimum absolute atomic E-state index is 0.0157. The Balaban J connectivity index is 3.91. The van der Waals surface area contributed by atoms with Crippen molar-refractivity contribution in [2.24, 2.45) is 0 Å². The van der Waals surface area contributed by atoms with E-state index >= 15 is 0 Å². The third-order valence-corrected chi connectivity index (χ3v) is 19.2. The van der Waals surface area contributed by atoms with Gasteiger partial charge in [0.1, 0.15) is 13.2 Å². The molecule has 3 unspecified atom stereocenters. The maximum Gasteiger partial charge on any atom is 0.268 e. The van der Waals surface area contributed by atoms with Crippen LogP contribution in [0.2, 0.25) is 0 Å². The van der Waals surface area contributed by atoms with Gasteiger partial charge in [-0.05, 0) is 44.9 Å². The number of nitrogens with zero attached hydrogens (tertiary/aromatic N) is 1. The van der Waals surface area contributed by atoms with E-state index in [1.807, 2.05) is 21.1 Å². The van der Waals surface area contributed by atoms with Gasteiger partial charge in [0.15, 0.2) is 0 Å². The third-order valence-electron chi connectivity index (χ3n) is 18.2. The van der Waals surface area contributed by atoms with E-state index in [2.05, 4.69) is 43.5 Å². The number of quaternary nitrogens is 1. The lowest BCUT2D eigenvalue weighted by molar-refractivity contribution is -0.870. The van der Waals surface area contributed by atoms with Gasteiger partial charge in [0.2, 0.25) is 5.91 Å². The summed E-state index contributed by atoms with van der Waals surface area (Å²) in [7, 11) is 1.33. The van der Waals surface area contributed by atoms with Crippen LogP contribution >= 0.6 is 7.82 Å². The molecule has 0 saturated heterocycles. The summed E-state index contributed by atoms with van der Waals surface area (Å²) in [5.74, 6) is -0.154. The third kappa shape index (κ3) is 70.4. The normalized spacial score (nSPS) is 13.6. The summed E-state index contributed by atoms with van der Waals surface area (Å²) in [6, 6.07) is -0.799. The zero-order chi connectivity index (χ0) is 62.6. The average molecular weight is 1230 g/mol. The summed E-state index contributed by atoms with van der Waals surface area (Å²) in [6.07, 6.45) is 90.0. The van der Waals surface area contributed by atoms with E-state index in [-0.39, 0.29) is 19.1 Å². The van der Waals surface area contributed by atoms with Crippen LogP contribution in [-0.4, -0.2) is 68.5 Å². The molecule has 3 atom stereocenters. The molecule has 0 spiro atoms. The molecule has 0 aliphatic rings. The minimum Gasteiger partial charge on any atom is -0.756 e. The van der Waals surface area contributed by atoms with Gasteiger partial charge < -0.3 is 28.8 Å². The molecule has 86 heavy (non-hydrogen) atoms. The van der Waals surface area contributed by atoms with Crippen molar-refractivity contribution in [3.05, 3.63) is 24.3 Å². The molecule has 1 amide bonds. The van der Waals surface area contributed by atoms with E-state index in [1.54, 1.807) is 0 Å². The van der Waals surface area contributed by atoms with Crippen molar-refractivity contribution >= 4 is 13.7 Å². The van der Waals surface area contributed by atoms with Crippen molar-refractivity contribution in [2.75, 3.05) is 40.9 Å². The van der Waals surface area contributed by atoms with Crippen molar-refractivity contribution < 1.29 is 32.9 Å². The lowest BCUT2D eigenvalue weighted by atomic mass is 10.0. The van der Waals surface area contributed by atoms with Gasteiger partial charge >= 0.3 is 0 Å². The molecule has 9 heteroatoms. The first-order chi connectivity index (χ1) is 42.0. The molecule has 0 aromatic heterocycles. The molecular weight excluding hydrogens is 1080 g/mol. The molecule has 512 valence electrons. The van der Waals surface area contributed by atoms with Gasteiger partial charge in [-0.15, -0.1) is 0 Å². The van der Waals surface area contributed by atoms with Crippen LogP contribution in [0.15, 0.2) is 24.3 Å². The van der Waals surface area contributed by atoms with E-state index in [4.69, 9.17) is 9.05 Å². The lowest BCUT2D eigenvalue weighted by Crippen LogP contribution is -2.46. The zero-order valence-electron chi connectivity index (χ0n) is 58.8. The molecule has 0 aromatic carbocycles. The number of nitrogens with one attached hydrogen (secondary N) is 1. The van der Waals surface area contributed by atoms with Gasteiger partial charge in [-0.25, -0.2) is 0 Å². The molecular formula is C77H153N2O6P. The van der Waals surface area contributed by atoms with Gasteiger partial charge in [-0.1, -0.05) is 385 Å². The number of hydrogen-bond acceptors (Lipinski definition) is 6. The van der Waals surface area contributed by atoms with Crippen LogP contribution < -0.4 is 10.2 Å².